The van der Waals surface area contributed by atoms with Gasteiger partial charge in [0.15, 0.2) is 0 Å². The molecule has 1 aliphatic carbocycles. The van der Waals surface area contributed by atoms with Crippen LogP contribution in [0.25, 0.3) is 22.9 Å². The molecule has 1 spiro atoms. The van der Waals surface area contributed by atoms with E-state index in [9.17, 15) is 0 Å². The normalized spacial score (nSPS) is 16.6. The van der Waals surface area contributed by atoms with E-state index in [1.807, 2.05) is 0 Å². The van der Waals surface area contributed by atoms with E-state index in [-0.39, 0.29) is 5.66 Å². The first-order chi connectivity index (χ1) is 10.3. The summed E-state index contributed by atoms with van der Waals surface area (Å²) in [5.74, 6) is 0. The third-order valence-electron chi connectivity index (χ3n) is 4.35. The zero-order valence-electron chi connectivity index (χ0n) is 11.4. The molecule has 0 fully saturated rings. The molecule has 1 heterocycles. The maximum absolute atomic E-state index is 3.66. The molecule has 0 radical (unpaired) electrons. The topological polar surface area (TPSA) is 24.1 Å². The van der Waals surface area contributed by atoms with E-state index in [1.54, 1.807) is 0 Å². The average molecular weight is 270 g/mol. The van der Waals surface area contributed by atoms with Gasteiger partial charge >= 0.3 is 0 Å². The smallest absolute Gasteiger partial charge is 0.149 e. The highest BCUT2D eigenvalue weighted by molar-refractivity contribution is 6.07. The molecule has 2 aliphatic rings. The lowest BCUT2D eigenvalue weighted by Crippen LogP contribution is -2.43. The Morgan fingerprint density at radius 1 is 0.619 bits per heavy atom. The molecule has 0 bridgehead atoms. The van der Waals surface area contributed by atoms with Crippen molar-refractivity contribution < 1.29 is 0 Å². The molecular formula is C19H14N2. The van der Waals surface area contributed by atoms with Crippen molar-refractivity contribution >= 4 is 34.3 Å². The molecule has 3 aromatic carbocycles. The number of hydrogen-bond acceptors (Lipinski definition) is 2. The van der Waals surface area contributed by atoms with Crippen LogP contribution >= 0.6 is 0 Å². The molecule has 0 unspecified atom stereocenters. The van der Waals surface area contributed by atoms with E-state index < -0.39 is 0 Å². The fourth-order valence-corrected chi connectivity index (χ4v) is 3.48. The van der Waals surface area contributed by atoms with Gasteiger partial charge in [-0.05, 0) is 40.1 Å². The van der Waals surface area contributed by atoms with E-state index in [0.29, 0.717) is 0 Å². The van der Waals surface area contributed by atoms with Gasteiger partial charge in [-0.15, -0.1) is 0 Å². The number of fused-ring (bicyclic) bond motifs is 1. The summed E-state index contributed by atoms with van der Waals surface area (Å²) in [4.78, 5) is 0. The summed E-state index contributed by atoms with van der Waals surface area (Å²) in [6.07, 6.45) is 4.52. The van der Waals surface area contributed by atoms with Crippen molar-refractivity contribution in [3.63, 3.8) is 0 Å². The van der Waals surface area contributed by atoms with E-state index in [0.717, 1.165) is 0 Å². The predicted molar refractivity (Wildman–Crippen MR) is 88.5 cm³/mol. The number of nitrogens with one attached hydrogen (secondary N) is 2. The Morgan fingerprint density at radius 3 is 1.76 bits per heavy atom. The van der Waals surface area contributed by atoms with Crippen LogP contribution in [0.1, 0.15) is 0 Å². The first-order valence-electron chi connectivity index (χ1n) is 7.22. The standard InChI is InChI=1S/C19H14N2/c1-2-6-15-12-19(11-14(15)5-1)20-16-9-3-7-13-8-4-10-17(21-19)18(13)16/h1-12,20-21H. The van der Waals surface area contributed by atoms with E-state index in [4.69, 9.17) is 0 Å². The molecule has 3 aromatic rings. The second-order valence-electron chi connectivity index (χ2n) is 5.75. The fraction of sp³-hybridized carbons (Fsp3) is 0.0526. The summed E-state index contributed by atoms with van der Waals surface area (Å²) in [6, 6.07) is 21.3. The minimum atomic E-state index is -0.327. The summed E-state index contributed by atoms with van der Waals surface area (Å²) < 4.78 is 0. The molecule has 2 heteroatoms. The maximum Gasteiger partial charge on any atom is 0.149 e. The molecule has 5 rings (SSSR count). The first-order valence-corrected chi connectivity index (χ1v) is 7.22. The van der Waals surface area contributed by atoms with Gasteiger partial charge in [-0.2, -0.15) is 0 Å². The number of anilines is 2. The van der Waals surface area contributed by atoms with Gasteiger partial charge in [0, 0.05) is 16.8 Å². The van der Waals surface area contributed by atoms with Gasteiger partial charge in [0.2, 0.25) is 0 Å². The summed E-state index contributed by atoms with van der Waals surface area (Å²) in [5.41, 5.74) is 2.04. The Morgan fingerprint density at radius 2 is 1.19 bits per heavy atom. The monoisotopic (exact) mass is 270 g/mol. The second kappa shape index (κ2) is 3.67. The van der Waals surface area contributed by atoms with E-state index in [1.165, 1.54) is 32.6 Å². The summed E-state index contributed by atoms with van der Waals surface area (Å²) in [6.45, 7) is 0. The molecule has 0 aromatic heterocycles. The third kappa shape index (κ3) is 1.47. The van der Waals surface area contributed by atoms with Crippen molar-refractivity contribution in [3.05, 3.63) is 71.1 Å². The van der Waals surface area contributed by atoms with Gasteiger partial charge in [0.25, 0.3) is 0 Å². The fourth-order valence-electron chi connectivity index (χ4n) is 3.48. The van der Waals surface area contributed by atoms with Crippen LogP contribution in [0.4, 0.5) is 11.4 Å². The summed E-state index contributed by atoms with van der Waals surface area (Å²) in [7, 11) is 0. The number of hydrogen-bond donors (Lipinski definition) is 2. The summed E-state index contributed by atoms with van der Waals surface area (Å²) >= 11 is 0. The molecule has 21 heavy (non-hydrogen) atoms. The van der Waals surface area contributed by atoms with Gasteiger partial charge in [-0.1, -0.05) is 48.5 Å². The largest absolute Gasteiger partial charge is 0.356 e. The molecule has 0 saturated heterocycles. The molecule has 0 atom stereocenters. The number of rotatable bonds is 0. The van der Waals surface area contributed by atoms with Crippen LogP contribution in [-0.2, 0) is 0 Å². The zero-order valence-corrected chi connectivity index (χ0v) is 11.4. The molecule has 1 aliphatic heterocycles. The van der Waals surface area contributed by atoms with Gasteiger partial charge < -0.3 is 10.6 Å². The Kier molecular flexibility index (Phi) is 1.92. The molecular weight excluding hydrogens is 256 g/mol. The van der Waals surface area contributed by atoms with Crippen LogP contribution in [0.3, 0.4) is 0 Å². The SMILES string of the molecule is C1=c2ccccc2=CC12Nc1cccc3cccc(c13)N2. The highest BCUT2D eigenvalue weighted by Gasteiger charge is 2.32. The third-order valence-corrected chi connectivity index (χ3v) is 4.35. The van der Waals surface area contributed by atoms with Crippen molar-refractivity contribution in [2.45, 2.75) is 5.66 Å². The Balaban J connectivity index is 1.77. The van der Waals surface area contributed by atoms with Gasteiger partial charge in [0.05, 0.1) is 0 Å². The lowest BCUT2D eigenvalue weighted by atomic mass is 10.00. The zero-order chi connectivity index (χ0) is 13.9. The maximum atomic E-state index is 3.66. The van der Waals surface area contributed by atoms with Gasteiger partial charge in [0.1, 0.15) is 5.66 Å². The molecule has 2 nitrogen and oxygen atoms in total. The Labute approximate surface area is 122 Å². The molecule has 100 valence electrons. The highest BCUT2D eigenvalue weighted by atomic mass is 15.2. The van der Waals surface area contributed by atoms with Crippen molar-refractivity contribution in [1.29, 1.82) is 0 Å². The van der Waals surface area contributed by atoms with Crippen LogP contribution in [0.2, 0.25) is 0 Å². The van der Waals surface area contributed by atoms with Crippen LogP contribution in [0.15, 0.2) is 60.7 Å². The van der Waals surface area contributed by atoms with Crippen LogP contribution in [-0.4, -0.2) is 5.66 Å². The molecule has 0 saturated carbocycles. The average Bonchev–Trinajstić information content (AvgIpc) is 2.84. The minimum absolute atomic E-state index is 0.327. The quantitative estimate of drug-likeness (QED) is 0.656. The van der Waals surface area contributed by atoms with E-state index in [2.05, 4.69) is 83.4 Å². The van der Waals surface area contributed by atoms with Crippen molar-refractivity contribution in [2.75, 3.05) is 10.6 Å². The van der Waals surface area contributed by atoms with Crippen LogP contribution < -0.4 is 21.1 Å². The lowest BCUT2D eigenvalue weighted by molar-refractivity contribution is 0.914. The predicted octanol–water partition coefficient (Wildman–Crippen LogP) is 2.65. The van der Waals surface area contributed by atoms with Crippen LogP contribution in [0, 0.1) is 0 Å². The lowest BCUT2D eigenvalue weighted by Gasteiger charge is -2.36. The molecule has 2 N–H and O–H groups in total. The first kappa shape index (κ1) is 11.0. The summed E-state index contributed by atoms with van der Waals surface area (Å²) in [5, 5.41) is 12.4. The Hall–Kier alpha value is -2.74. The van der Waals surface area contributed by atoms with Crippen molar-refractivity contribution in [3.8, 4) is 0 Å². The van der Waals surface area contributed by atoms with Crippen molar-refractivity contribution in [1.82, 2.24) is 0 Å². The minimum Gasteiger partial charge on any atom is -0.356 e. The number of benzene rings is 3. The highest BCUT2D eigenvalue weighted by Crippen LogP contribution is 2.38. The van der Waals surface area contributed by atoms with Crippen molar-refractivity contribution in [2.24, 2.45) is 0 Å². The second-order valence-corrected chi connectivity index (χ2v) is 5.75. The molecule has 0 amide bonds. The van der Waals surface area contributed by atoms with Gasteiger partial charge in [-0.25, -0.2) is 0 Å². The van der Waals surface area contributed by atoms with Crippen LogP contribution in [0.5, 0.6) is 0 Å². The Bertz CT molecular complexity index is 924. The van der Waals surface area contributed by atoms with Gasteiger partial charge in [-0.3, -0.25) is 0 Å². The van der Waals surface area contributed by atoms with E-state index >= 15 is 0 Å².